The lowest BCUT2D eigenvalue weighted by atomic mass is 10.2. The van der Waals surface area contributed by atoms with E-state index in [1.54, 1.807) is 23.7 Å². The molecule has 0 aliphatic rings. The maximum absolute atomic E-state index is 5.92. The number of hydrogen-bond acceptors (Lipinski definition) is 4. The SMILES string of the molecule is Nc1nc2cnccc2n1CCc1ccsc1. The topological polar surface area (TPSA) is 56.7 Å². The van der Waals surface area contributed by atoms with Gasteiger partial charge in [0.05, 0.1) is 11.7 Å². The number of nitrogen functional groups attached to an aromatic ring is 1. The van der Waals surface area contributed by atoms with Crippen LogP contribution in [0.4, 0.5) is 5.95 Å². The Kier molecular flexibility index (Phi) is 2.53. The van der Waals surface area contributed by atoms with E-state index in [1.807, 2.05) is 10.6 Å². The Morgan fingerprint density at radius 2 is 2.29 bits per heavy atom. The minimum absolute atomic E-state index is 0.559. The van der Waals surface area contributed by atoms with Gasteiger partial charge in [0.1, 0.15) is 5.52 Å². The molecule has 0 unspecified atom stereocenters. The Balaban J connectivity index is 1.92. The molecule has 0 aliphatic carbocycles. The molecule has 4 nitrogen and oxygen atoms in total. The minimum Gasteiger partial charge on any atom is -0.369 e. The van der Waals surface area contributed by atoms with Crippen LogP contribution in [0.2, 0.25) is 0 Å². The molecule has 0 fully saturated rings. The maximum atomic E-state index is 5.92. The van der Waals surface area contributed by atoms with Gasteiger partial charge in [0.2, 0.25) is 5.95 Å². The summed E-state index contributed by atoms with van der Waals surface area (Å²) in [4.78, 5) is 8.34. The predicted molar refractivity (Wildman–Crippen MR) is 70.0 cm³/mol. The average Bonchev–Trinajstić information content (AvgIpc) is 2.93. The second-order valence-electron chi connectivity index (χ2n) is 3.87. The van der Waals surface area contributed by atoms with E-state index in [0.29, 0.717) is 5.95 Å². The molecule has 3 aromatic heterocycles. The Bertz CT molecular complexity index is 627. The molecule has 3 aromatic rings. The van der Waals surface area contributed by atoms with Crippen molar-refractivity contribution < 1.29 is 0 Å². The highest BCUT2D eigenvalue weighted by atomic mass is 32.1. The summed E-state index contributed by atoms with van der Waals surface area (Å²) in [6.07, 6.45) is 4.48. The first-order chi connectivity index (χ1) is 8.34. The number of fused-ring (bicyclic) bond motifs is 1. The molecule has 5 heteroatoms. The molecule has 0 saturated heterocycles. The fraction of sp³-hybridized carbons (Fsp3) is 0.167. The first kappa shape index (κ1) is 10.3. The van der Waals surface area contributed by atoms with Gasteiger partial charge in [0, 0.05) is 12.7 Å². The first-order valence-electron chi connectivity index (χ1n) is 5.41. The Labute approximate surface area is 103 Å². The number of nitrogens with two attached hydrogens (primary N) is 1. The van der Waals surface area contributed by atoms with Gasteiger partial charge in [-0.2, -0.15) is 11.3 Å². The zero-order chi connectivity index (χ0) is 11.7. The summed E-state index contributed by atoms with van der Waals surface area (Å²) in [5, 5.41) is 4.26. The summed E-state index contributed by atoms with van der Waals surface area (Å²) in [6.45, 7) is 0.850. The largest absolute Gasteiger partial charge is 0.369 e. The van der Waals surface area contributed by atoms with Crippen LogP contribution in [0.25, 0.3) is 11.0 Å². The molecule has 0 aromatic carbocycles. The first-order valence-corrected chi connectivity index (χ1v) is 6.35. The van der Waals surface area contributed by atoms with Crippen molar-refractivity contribution in [3.8, 4) is 0 Å². The van der Waals surface area contributed by atoms with Crippen LogP contribution in [0, 0.1) is 0 Å². The third-order valence-electron chi connectivity index (χ3n) is 2.78. The van der Waals surface area contributed by atoms with Gasteiger partial charge in [0.25, 0.3) is 0 Å². The maximum Gasteiger partial charge on any atom is 0.201 e. The fourth-order valence-electron chi connectivity index (χ4n) is 1.91. The van der Waals surface area contributed by atoms with Gasteiger partial charge in [-0.15, -0.1) is 0 Å². The van der Waals surface area contributed by atoms with Crippen molar-refractivity contribution in [1.82, 2.24) is 14.5 Å². The van der Waals surface area contributed by atoms with Crippen molar-refractivity contribution in [3.63, 3.8) is 0 Å². The highest BCUT2D eigenvalue weighted by Crippen LogP contribution is 2.17. The van der Waals surface area contributed by atoms with Crippen LogP contribution < -0.4 is 5.73 Å². The summed E-state index contributed by atoms with van der Waals surface area (Å²) >= 11 is 1.72. The molecule has 0 bridgehead atoms. The van der Waals surface area contributed by atoms with Gasteiger partial charge in [0.15, 0.2) is 0 Å². The van der Waals surface area contributed by atoms with Gasteiger partial charge in [-0.3, -0.25) is 4.98 Å². The molecular formula is C12H12N4S. The van der Waals surface area contributed by atoms with E-state index in [9.17, 15) is 0 Å². The summed E-state index contributed by atoms with van der Waals surface area (Å²) in [7, 11) is 0. The highest BCUT2D eigenvalue weighted by molar-refractivity contribution is 7.07. The fourth-order valence-corrected chi connectivity index (χ4v) is 2.61. The zero-order valence-corrected chi connectivity index (χ0v) is 10.0. The van der Waals surface area contributed by atoms with E-state index < -0.39 is 0 Å². The van der Waals surface area contributed by atoms with E-state index in [1.165, 1.54) is 5.56 Å². The average molecular weight is 244 g/mol. The van der Waals surface area contributed by atoms with Crippen molar-refractivity contribution >= 4 is 28.3 Å². The molecule has 86 valence electrons. The normalized spacial score (nSPS) is 11.1. The number of aromatic nitrogens is 3. The van der Waals surface area contributed by atoms with Crippen LogP contribution in [0.15, 0.2) is 35.3 Å². The van der Waals surface area contributed by atoms with Crippen molar-refractivity contribution in [2.45, 2.75) is 13.0 Å². The quantitative estimate of drug-likeness (QED) is 0.769. The Hall–Kier alpha value is -1.88. The van der Waals surface area contributed by atoms with Gasteiger partial charge in [-0.1, -0.05) is 0 Å². The zero-order valence-electron chi connectivity index (χ0n) is 9.21. The predicted octanol–water partition coefficient (Wildman–Crippen LogP) is 2.32. The minimum atomic E-state index is 0.559. The molecule has 0 radical (unpaired) electrons. The molecule has 0 amide bonds. The van der Waals surface area contributed by atoms with E-state index in [4.69, 9.17) is 5.73 Å². The molecule has 0 atom stereocenters. The Morgan fingerprint density at radius 1 is 1.35 bits per heavy atom. The third-order valence-corrected chi connectivity index (χ3v) is 3.52. The van der Waals surface area contributed by atoms with Crippen LogP contribution >= 0.6 is 11.3 Å². The Morgan fingerprint density at radius 3 is 3.12 bits per heavy atom. The summed E-state index contributed by atoms with van der Waals surface area (Å²) in [5.41, 5.74) is 9.16. The number of aryl methyl sites for hydroxylation is 2. The van der Waals surface area contributed by atoms with Crippen molar-refractivity contribution in [2.24, 2.45) is 0 Å². The number of imidazole rings is 1. The lowest BCUT2D eigenvalue weighted by molar-refractivity contribution is 0.727. The molecule has 2 N–H and O–H groups in total. The number of nitrogens with zero attached hydrogens (tertiary/aromatic N) is 3. The molecule has 0 saturated carbocycles. The highest BCUT2D eigenvalue weighted by Gasteiger charge is 2.07. The van der Waals surface area contributed by atoms with Crippen LogP contribution in [-0.2, 0) is 13.0 Å². The molecule has 0 aliphatic heterocycles. The second-order valence-corrected chi connectivity index (χ2v) is 4.65. The third kappa shape index (κ3) is 1.89. The van der Waals surface area contributed by atoms with Crippen molar-refractivity contribution in [2.75, 3.05) is 5.73 Å². The standard InChI is InChI=1S/C12H12N4S/c13-12-15-10-7-14-4-1-11(10)16(12)5-2-9-3-6-17-8-9/h1,3-4,6-8H,2,5H2,(H2,13,15). The van der Waals surface area contributed by atoms with Gasteiger partial charge in [-0.25, -0.2) is 4.98 Å². The van der Waals surface area contributed by atoms with E-state index in [2.05, 4.69) is 26.8 Å². The summed E-state index contributed by atoms with van der Waals surface area (Å²) < 4.78 is 2.04. The lowest BCUT2D eigenvalue weighted by Crippen LogP contribution is -2.05. The second kappa shape index (κ2) is 4.18. The summed E-state index contributed by atoms with van der Waals surface area (Å²) in [6, 6.07) is 4.09. The van der Waals surface area contributed by atoms with Crippen LogP contribution in [-0.4, -0.2) is 14.5 Å². The van der Waals surface area contributed by atoms with E-state index >= 15 is 0 Å². The smallest absolute Gasteiger partial charge is 0.201 e. The molecule has 3 rings (SSSR count). The number of anilines is 1. The number of rotatable bonds is 3. The monoisotopic (exact) mass is 244 g/mol. The molecule has 0 spiro atoms. The number of hydrogen-bond donors (Lipinski definition) is 1. The van der Waals surface area contributed by atoms with E-state index in [0.717, 1.165) is 24.0 Å². The van der Waals surface area contributed by atoms with E-state index in [-0.39, 0.29) is 0 Å². The van der Waals surface area contributed by atoms with Crippen LogP contribution in [0.1, 0.15) is 5.56 Å². The molecule has 3 heterocycles. The van der Waals surface area contributed by atoms with Crippen molar-refractivity contribution in [1.29, 1.82) is 0 Å². The van der Waals surface area contributed by atoms with Gasteiger partial charge >= 0.3 is 0 Å². The van der Waals surface area contributed by atoms with Crippen LogP contribution in [0.5, 0.6) is 0 Å². The van der Waals surface area contributed by atoms with Gasteiger partial charge in [-0.05, 0) is 34.9 Å². The lowest BCUT2D eigenvalue weighted by Gasteiger charge is -2.04. The molecular weight excluding hydrogens is 232 g/mol. The number of pyridine rings is 1. The summed E-state index contributed by atoms with van der Waals surface area (Å²) in [5.74, 6) is 0.559. The van der Waals surface area contributed by atoms with Crippen LogP contribution in [0.3, 0.4) is 0 Å². The van der Waals surface area contributed by atoms with Gasteiger partial charge < -0.3 is 10.3 Å². The molecule has 17 heavy (non-hydrogen) atoms. The van der Waals surface area contributed by atoms with Crippen molar-refractivity contribution in [3.05, 3.63) is 40.8 Å². The number of thiophene rings is 1.